The molecule has 0 aliphatic carbocycles. The monoisotopic (exact) mass is 399 g/mol. The summed E-state index contributed by atoms with van der Waals surface area (Å²) in [7, 11) is -3.76. The summed E-state index contributed by atoms with van der Waals surface area (Å²) >= 11 is 5.03. The number of hydrogen-bond acceptors (Lipinski definition) is 3. The van der Waals surface area contributed by atoms with E-state index in [0.717, 1.165) is 27.3 Å². The molecule has 0 heterocycles. The maximum atomic E-state index is 12.0. The molecule has 0 fully saturated rings. The second kappa shape index (κ2) is 7.64. The van der Waals surface area contributed by atoms with Crippen LogP contribution in [-0.2, 0) is 21.8 Å². The normalized spacial score (nSPS) is 11.6. The lowest BCUT2D eigenvalue weighted by molar-refractivity contribution is 0.596. The van der Waals surface area contributed by atoms with Crippen molar-refractivity contribution in [1.29, 1.82) is 0 Å². The SMILES string of the molecule is CCSc1cc(CBr)cc(S(N)(=O)=O)c1Cc1ccccc1. The number of sulfonamides is 1. The Labute approximate surface area is 144 Å². The minimum Gasteiger partial charge on any atom is -0.225 e. The van der Waals surface area contributed by atoms with Gasteiger partial charge in [-0.05, 0) is 41.0 Å². The molecule has 0 aromatic heterocycles. The van der Waals surface area contributed by atoms with Crippen molar-refractivity contribution < 1.29 is 8.42 Å². The zero-order valence-corrected chi connectivity index (χ0v) is 15.5. The van der Waals surface area contributed by atoms with Crippen LogP contribution in [0.5, 0.6) is 0 Å². The fraction of sp³-hybridized carbons (Fsp3) is 0.250. The van der Waals surface area contributed by atoms with Gasteiger partial charge in [0, 0.05) is 10.2 Å². The van der Waals surface area contributed by atoms with Crippen molar-refractivity contribution in [2.24, 2.45) is 5.14 Å². The van der Waals surface area contributed by atoms with E-state index in [9.17, 15) is 8.42 Å². The lowest BCUT2D eigenvalue weighted by atomic mass is 10.0. The fourth-order valence-electron chi connectivity index (χ4n) is 2.26. The molecule has 0 saturated heterocycles. The number of halogens is 1. The van der Waals surface area contributed by atoms with Gasteiger partial charge in [-0.1, -0.05) is 53.2 Å². The third-order valence-corrected chi connectivity index (χ3v) is 5.80. The summed E-state index contributed by atoms with van der Waals surface area (Å²) in [6.07, 6.45) is 0.553. The van der Waals surface area contributed by atoms with Crippen LogP contribution >= 0.6 is 27.7 Å². The maximum Gasteiger partial charge on any atom is 0.238 e. The van der Waals surface area contributed by atoms with E-state index in [1.807, 2.05) is 43.3 Å². The van der Waals surface area contributed by atoms with Gasteiger partial charge < -0.3 is 0 Å². The van der Waals surface area contributed by atoms with Gasteiger partial charge in [0.15, 0.2) is 0 Å². The van der Waals surface area contributed by atoms with Crippen LogP contribution in [0.25, 0.3) is 0 Å². The van der Waals surface area contributed by atoms with Crippen molar-refractivity contribution in [3.05, 3.63) is 59.2 Å². The Hall–Kier alpha value is -0.820. The Morgan fingerprint density at radius 1 is 1.14 bits per heavy atom. The van der Waals surface area contributed by atoms with Crippen LogP contribution in [0.1, 0.15) is 23.6 Å². The summed E-state index contributed by atoms with van der Waals surface area (Å²) in [6.45, 7) is 2.05. The molecule has 0 amide bonds. The van der Waals surface area contributed by atoms with Crippen molar-refractivity contribution in [3.63, 3.8) is 0 Å². The van der Waals surface area contributed by atoms with E-state index < -0.39 is 10.0 Å². The standard InChI is InChI=1S/C16H18BrNO2S2/c1-2-21-15-9-13(11-17)10-16(22(18,19)20)14(15)8-12-6-4-3-5-7-12/h3-7,9-10H,2,8,11H2,1H3,(H2,18,19,20). The Morgan fingerprint density at radius 2 is 1.82 bits per heavy atom. The van der Waals surface area contributed by atoms with Crippen LogP contribution in [0.15, 0.2) is 52.3 Å². The molecule has 0 spiro atoms. The first-order valence-corrected chi connectivity index (χ1v) is 10.5. The van der Waals surface area contributed by atoms with E-state index in [4.69, 9.17) is 5.14 Å². The molecule has 22 heavy (non-hydrogen) atoms. The van der Waals surface area contributed by atoms with Gasteiger partial charge in [-0.25, -0.2) is 13.6 Å². The predicted molar refractivity (Wildman–Crippen MR) is 96.1 cm³/mol. The third kappa shape index (κ3) is 4.35. The first-order chi connectivity index (χ1) is 10.5. The largest absolute Gasteiger partial charge is 0.238 e. The van der Waals surface area contributed by atoms with E-state index in [1.165, 1.54) is 0 Å². The molecule has 6 heteroatoms. The number of benzene rings is 2. The highest BCUT2D eigenvalue weighted by molar-refractivity contribution is 9.08. The topological polar surface area (TPSA) is 60.2 Å². The molecular weight excluding hydrogens is 382 g/mol. The smallest absolute Gasteiger partial charge is 0.225 e. The van der Waals surface area contributed by atoms with Gasteiger partial charge in [0.2, 0.25) is 10.0 Å². The molecule has 0 radical (unpaired) electrons. The van der Waals surface area contributed by atoms with Crippen molar-refractivity contribution in [2.45, 2.75) is 28.5 Å². The summed E-state index contributed by atoms with van der Waals surface area (Å²) < 4.78 is 24.0. The first-order valence-electron chi connectivity index (χ1n) is 6.87. The van der Waals surface area contributed by atoms with Crippen LogP contribution in [0.2, 0.25) is 0 Å². The van der Waals surface area contributed by atoms with Crippen LogP contribution in [0.4, 0.5) is 0 Å². The molecule has 0 bridgehead atoms. The fourth-order valence-corrected chi connectivity index (χ4v) is 4.40. The van der Waals surface area contributed by atoms with Crippen LogP contribution in [0.3, 0.4) is 0 Å². The molecule has 2 aromatic rings. The summed E-state index contributed by atoms with van der Waals surface area (Å²) in [5.41, 5.74) is 2.76. The lowest BCUT2D eigenvalue weighted by Crippen LogP contribution is -2.16. The first kappa shape index (κ1) is 17.5. The zero-order chi connectivity index (χ0) is 16.2. The highest BCUT2D eigenvalue weighted by Gasteiger charge is 2.19. The van der Waals surface area contributed by atoms with Gasteiger partial charge in [-0.2, -0.15) is 0 Å². The van der Waals surface area contributed by atoms with Gasteiger partial charge >= 0.3 is 0 Å². The molecule has 3 nitrogen and oxygen atoms in total. The molecule has 2 aromatic carbocycles. The van der Waals surface area contributed by atoms with Crippen molar-refractivity contribution in [3.8, 4) is 0 Å². The van der Waals surface area contributed by atoms with Gasteiger partial charge in [-0.3, -0.25) is 0 Å². The molecule has 0 aliphatic heterocycles. The molecule has 0 atom stereocenters. The summed E-state index contributed by atoms with van der Waals surface area (Å²) in [5.74, 6) is 0.873. The van der Waals surface area contributed by atoms with Crippen LogP contribution in [0, 0.1) is 0 Å². The Balaban J connectivity index is 2.61. The summed E-state index contributed by atoms with van der Waals surface area (Å²) in [6, 6.07) is 13.5. The van der Waals surface area contributed by atoms with Crippen molar-refractivity contribution in [1.82, 2.24) is 0 Å². The molecule has 118 valence electrons. The zero-order valence-electron chi connectivity index (χ0n) is 12.3. The van der Waals surface area contributed by atoms with Gasteiger partial charge in [0.1, 0.15) is 0 Å². The highest BCUT2D eigenvalue weighted by atomic mass is 79.9. The maximum absolute atomic E-state index is 12.0. The summed E-state index contributed by atoms with van der Waals surface area (Å²) in [5, 5.41) is 6.04. The van der Waals surface area contributed by atoms with Gasteiger partial charge in [0.25, 0.3) is 0 Å². The molecule has 2 rings (SSSR count). The van der Waals surface area contributed by atoms with E-state index in [0.29, 0.717) is 11.8 Å². The second-order valence-electron chi connectivity index (χ2n) is 4.84. The third-order valence-electron chi connectivity index (χ3n) is 3.21. The summed E-state index contributed by atoms with van der Waals surface area (Å²) in [4.78, 5) is 1.21. The number of hydrogen-bond donors (Lipinski definition) is 1. The van der Waals surface area contributed by atoms with E-state index in [1.54, 1.807) is 17.8 Å². The molecule has 0 aliphatic rings. The van der Waals surface area contributed by atoms with Gasteiger partial charge in [0.05, 0.1) is 4.90 Å². The minimum atomic E-state index is -3.76. The Bertz CT molecular complexity index is 746. The van der Waals surface area contributed by atoms with E-state index in [2.05, 4.69) is 15.9 Å². The highest BCUT2D eigenvalue weighted by Crippen LogP contribution is 2.32. The number of rotatable bonds is 6. The average Bonchev–Trinajstić information content (AvgIpc) is 2.49. The minimum absolute atomic E-state index is 0.226. The average molecular weight is 400 g/mol. The number of thioether (sulfide) groups is 1. The number of alkyl halides is 1. The van der Waals surface area contributed by atoms with Gasteiger partial charge in [-0.15, -0.1) is 11.8 Å². The number of primary sulfonamides is 1. The van der Waals surface area contributed by atoms with E-state index >= 15 is 0 Å². The Kier molecular flexibility index (Phi) is 6.09. The van der Waals surface area contributed by atoms with Crippen molar-refractivity contribution >= 4 is 37.7 Å². The Morgan fingerprint density at radius 3 is 2.36 bits per heavy atom. The van der Waals surface area contributed by atoms with E-state index in [-0.39, 0.29) is 4.90 Å². The molecule has 0 unspecified atom stereocenters. The number of nitrogens with two attached hydrogens (primary N) is 1. The quantitative estimate of drug-likeness (QED) is 0.591. The predicted octanol–water partition coefficient (Wildman–Crippen LogP) is 3.93. The van der Waals surface area contributed by atoms with Crippen LogP contribution in [-0.4, -0.2) is 14.2 Å². The second-order valence-corrected chi connectivity index (χ2v) is 8.24. The molecule has 0 saturated carbocycles. The van der Waals surface area contributed by atoms with Crippen molar-refractivity contribution in [2.75, 3.05) is 5.75 Å². The molecule has 2 N–H and O–H groups in total. The lowest BCUT2D eigenvalue weighted by Gasteiger charge is -2.15. The molecular formula is C16H18BrNO2S2. The van der Waals surface area contributed by atoms with Crippen LogP contribution < -0.4 is 5.14 Å².